The molecule has 0 heterocycles. The second-order valence-corrected chi connectivity index (χ2v) is 1.88. The van der Waals surface area contributed by atoms with Crippen LogP contribution in [0.3, 0.4) is 0 Å². The molecule has 3 heteroatoms. The van der Waals surface area contributed by atoms with E-state index in [4.69, 9.17) is 10.4 Å². The second-order valence-electron chi connectivity index (χ2n) is 1.88. The molecule has 0 amide bonds. The topological polar surface area (TPSA) is 43.7 Å². The molecule has 0 aromatic heterocycles. The Kier molecular flexibility index (Phi) is 5.51. The molecule has 2 N–H and O–H groups in total. The van der Waals surface area contributed by atoms with E-state index in [-0.39, 0.29) is 5.23 Å². The molecule has 3 nitrogen and oxygen atoms in total. The van der Waals surface area contributed by atoms with E-state index in [1.165, 1.54) is 0 Å². The maximum atomic E-state index is 8.21. The van der Waals surface area contributed by atoms with E-state index >= 15 is 0 Å². The summed E-state index contributed by atoms with van der Waals surface area (Å²) in [5.74, 6) is 0. The maximum Gasteiger partial charge on any atom is 0.0513 e. The van der Waals surface area contributed by atoms with Gasteiger partial charge in [0, 0.05) is 0 Å². The highest BCUT2D eigenvalue weighted by molar-refractivity contribution is 4.65. The van der Waals surface area contributed by atoms with E-state index in [2.05, 4.69) is 6.58 Å². The summed E-state index contributed by atoms with van der Waals surface area (Å²) in [5, 5.41) is 16.6. The minimum atomic E-state index is 0.211. The highest BCUT2D eigenvalue weighted by atomic mass is 16.8. The summed E-state index contributed by atoms with van der Waals surface area (Å²) in [6.45, 7) is 3.85. The summed E-state index contributed by atoms with van der Waals surface area (Å²) in [4.78, 5) is 0. The lowest BCUT2D eigenvalue weighted by Gasteiger charge is -2.03. The smallest absolute Gasteiger partial charge is 0.0513 e. The molecule has 9 heavy (non-hydrogen) atoms. The zero-order valence-electron chi connectivity index (χ0n) is 5.45. The molecule has 0 aliphatic heterocycles. The highest BCUT2D eigenvalue weighted by Crippen LogP contribution is 1.95. The molecule has 0 atom stereocenters. The maximum absolute atomic E-state index is 8.21. The highest BCUT2D eigenvalue weighted by Gasteiger charge is 1.90. The van der Waals surface area contributed by atoms with Crippen LogP contribution in [0.5, 0.6) is 0 Å². The Hall–Kier alpha value is -0.380. The van der Waals surface area contributed by atoms with E-state index in [0.29, 0.717) is 6.54 Å². The zero-order valence-corrected chi connectivity index (χ0v) is 5.45. The first-order valence-electron chi connectivity index (χ1n) is 3.03. The molecule has 0 aromatic carbocycles. The van der Waals surface area contributed by atoms with Crippen molar-refractivity contribution < 1.29 is 10.4 Å². The van der Waals surface area contributed by atoms with E-state index in [0.717, 1.165) is 19.3 Å². The number of hydroxylamine groups is 2. The molecule has 0 bridgehead atoms. The SMILES string of the molecule is C=CCCCCN(O)O. The molecular weight excluding hydrogens is 118 g/mol. The zero-order chi connectivity index (χ0) is 7.11. The predicted octanol–water partition coefficient (Wildman–Crippen LogP) is 1.42. The van der Waals surface area contributed by atoms with Crippen LogP contribution in [0.2, 0.25) is 0 Å². The van der Waals surface area contributed by atoms with Gasteiger partial charge in [-0.3, -0.25) is 10.4 Å². The van der Waals surface area contributed by atoms with Crippen LogP contribution in [0.15, 0.2) is 12.7 Å². The van der Waals surface area contributed by atoms with Gasteiger partial charge in [-0.05, 0) is 19.3 Å². The van der Waals surface area contributed by atoms with Crippen molar-refractivity contribution in [1.82, 2.24) is 5.23 Å². The van der Waals surface area contributed by atoms with Crippen molar-refractivity contribution in [2.75, 3.05) is 6.54 Å². The van der Waals surface area contributed by atoms with Crippen LogP contribution in [0, 0.1) is 0 Å². The Balaban J connectivity index is 2.82. The fraction of sp³-hybridized carbons (Fsp3) is 0.667. The van der Waals surface area contributed by atoms with Gasteiger partial charge in [0.05, 0.1) is 6.54 Å². The Bertz CT molecular complexity index is 73.5. The van der Waals surface area contributed by atoms with Gasteiger partial charge < -0.3 is 0 Å². The summed E-state index contributed by atoms with van der Waals surface area (Å²) < 4.78 is 0. The molecule has 0 aliphatic rings. The first kappa shape index (κ1) is 8.62. The van der Waals surface area contributed by atoms with Crippen LogP contribution in [0.25, 0.3) is 0 Å². The van der Waals surface area contributed by atoms with E-state index in [9.17, 15) is 0 Å². The van der Waals surface area contributed by atoms with Gasteiger partial charge in [0.15, 0.2) is 0 Å². The standard InChI is InChI=1S/C6H13NO2/c1-2-3-4-5-6-7(8)9/h2,8-9H,1,3-6H2. The molecule has 0 spiro atoms. The molecule has 0 radical (unpaired) electrons. The van der Waals surface area contributed by atoms with Crippen molar-refractivity contribution >= 4 is 0 Å². The Morgan fingerprint density at radius 1 is 1.33 bits per heavy atom. The number of nitrogens with zero attached hydrogens (tertiary/aromatic N) is 1. The average molecular weight is 131 g/mol. The quantitative estimate of drug-likeness (QED) is 0.337. The van der Waals surface area contributed by atoms with Crippen LogP contribution in [0.4, 0.5) is 0 Å². The van der Waals surface area contributed by atoms with Gasteiger partial charge in [0.25, 0.3) is 0 Å². The molecular formula is C6H13NO2. The van der Waals surface area contributed by atoms with Crippen LogP contribution < -0.4 is 0 Å². The molecule has 0 aromatic rings. The molecule has 0 saturated carbocycles. The van der Waals surface area contributed by atoms with Gasteiger partial charge in [-0.1, -0.05) is 11.3 Å². The monoisotopic (exact) mass is 131 g/mol. The van der Waals surface area contributed by atoms with Crippen LogP contribution in [-0.4, -0.2) is 22.2 Å². The number of rotatable bonds is 5. The fourth-order valence-corrected chi connectivity index (χ4v) is 0.542. The number of hydrogen-bond acceptors (Lipinski definition) is 3. The molecule has 0 rings (SSSR count). The van der Waals surface area contributed by atoms with Crippen molar-refractivity contribution in [3.05, 3.63) is 12.7 Å². The molecule has 0 fully saturated rings. The number of unbranched alkanes of at least 4 members (excludes halogenated alkanes) is 2. The lowest BCUT2D eigenvalue weighted by molar-refractivity contribution is -0.306. The number of hydrogen-bond donors (Lipinski definition) is 2. The Labute approximate surface area is 55.1 Å². The molecule has 0 saturated heterocycles. The van der Waals surface area contributed by atoms with Crippen LogP contribution in [0.1, 0.15) is 19.3 Å². The minimum Gasteiger partial charge on any atom is -0.290 e. The van der Waals surface area contributed by atoms with E-state index in [1.54, 1.807) is 0 Å². The van der Waals surface area contributed by atoms with Crippen molar-refractivity contribution in [3.63, 3.8) is 0 Å². The summed E-state index contributed by atoms with van der Waals surface area (Å²) in [6, 6.07) is 0. The van der Waals surface area contributed by atoms with Gasteiger partial charge in [0.1, 0.15) is 0 Å². The molecule has 0 unspecified atom stereocenters. The van der Waals surface area contributed by atoms with Crippen molar-refractivity contribution in [2.45, 2.75) is 19.3 Å². The van der Waals surface area contributed by atoms with Gasteiger partial charge >= 0.3 is 0 Å². The van der Waals surface area contributed by atoms with Crippen molar-refractivity contribution in [2.24, 2.45) is 0 Å². The van der Waals surface area contributed by atoms with Gasteiger partial charge in [-0.2, -0.15) is 0 Å². The largest absolute Gasteiger partial charge is 0.290 e. The van der Waals surface area contributed by atoms with Gasteiger partial charge in [0.2, 0.25) is 0 Å². The molecule has 0 aliphatic carbocycles. The van der Waals surface area contributed by atoms with Crippen LogP contribution in [-0.2, 0) is 0 Å². The predicted molar refractivity (Wildman–Crippen MR) is 34.3 cm³/mol. The van der Waals surface area contributed by atoms with E-state index < -0.39 is 0 Å². The third-order valence-electron chi connectivity index (χ3n) is 1.02. The number of allylic oxidation sites excluding steroid dienone is 1. The van der Waals surface area contributed by atoms with Crippen molar-refractivity contribution in [3.8, 4) is 0 Å². The summed E-state index contributed by atoms with van der Waals surface area (Å²) in [7, 11) is 0. The molecule has 54 valence electrons. The van der Waals surface area contributed by atoms with Gasteiger partial charge in [-0.15, -0.1) is 6.58 Å². The summed E-state index contributed by atoms with van der Waals surface area (Å²) >= 11 is 0. The Morgan fingerprint density at radius 2 is 2.00 bits per heavy atom. The average Bonchev–Trinajstić information content (AvgIpc) is 1.80. The second kappa shape index (κ2) is 5.75. The van der Waals surface area contributed by atoms with Crippen molar-refractivity contribution in [1.29, 1.82) is 0 Å². The first-order valence-corrected chi connectivity index (χ1v) is 3.03. The minimum absolute atomic E-state index is 0.211. The lowest BCUT2D eigenvalue weighted by atomic mass is 10.2. The lowest BCUT2D eigenvalue weighted by Crippen LogP contribution is -2.14. The fourth-order valence-electron chi connectivity index (χ4n) is 0.542. The van der Waals surface area contributed by atoms with Gasteiger partial charge in [-0.25, -0.2) is 0 Å². The summed E-state index contributed by atoms with van der Waals surface area (Å²) in [5.41, 5.74) is 0. The van der Waals surface area contributed by atoms with E-state index in [1.807, 2.05) is 6.08 Å². The third kappa shape index (κ3) is 7.62. The first-order chi connectivity index (χ1) is 4.27. The summed E-state index contributed by atoms with van der Waals surface area (Å²) in [6.07, 6.45) is 4.51. The third-order valence-corrected chi connectivity index (χ3v) is 1.02. The Morgan fingerprint density at radius 3 is 2.44 bits per heavy atom. The van der Waals surface area contributed by atoms with Crippen LogP contribution >= 0.6 is 0 Å². The normalized spacial score (nSPS) is 10.1.